The van der Waals surface area contributed by atoms with Crippen molar-refractivity contribution in [1.82, 2.24) is 0 Å². The standard InChI is InChI=1S/C16H14FNO4/c1-2-13-11(16(20)21)8-14(22-13)15(19)18-6-5-9-3-4-10(17)7-12(9)18/h3-4,7-8H,2,5-6H2,1H3,(H,20,21). The van der Waals surface area contributed by atoms with Crippen LogP contribution in [0.5, 0.6) is 0 Å². The largest absolute Gasteiger partial charge is 0.478 e. The summed E-state index contributed by atoms with van der Waals surface area (Å²) in [5.41, 5.74) is 1.39. The van der Waals surface area contributed by atoms with Gasteiger partial charge in [0.15, 0.2) is 5.76 Å². The van der Waals surface area contributed by atoms with Crippen LogP contribution in [0.2, 0.25) is 0 Å². The van der Waals surface area contributed by atoms with Crippen LogP contribution in [0.3, 0.4) is 0 Å². The maximum absolute atomic E-state index is 13.4. The van der Waals surface area contributed by atoms with Crippen molar-refractivity contribution in [2.45, 2.75) is 19.8 Å². The van der Waals surface area contributed by atoms with E-state index in [9.17, 15) is 14.0 Å². The number of benzene rings is 1. The lowest BCUT2D eigenvalue weighted by Crippen LogP contribution is -2.28. The fourth-order valence-corrected chi connectivity index (χ4v) is 2.67. The number of aryl methyl sites for hydroxylation is 1. The smallest absolute Gasteiger partial charge is 0.339 e. The Hall–Kier alpha value is -2.63. The van der Waals surface area contributed by atoms with E-state index in [4.69, 9.17) is 9.52 Å². The molecule has 0 saturated heterocycles. The molecule has 1 aliphatic heterocycles. The van der Waals surface area contributed by atoms with E-state index in [0.29, 0.717) is 25.1 Å². The Morgan fingerprint density at radius 1 is 1.36 bits per heavy atom. The van der Waals surface area contributed by atoms with Crippen LogP contribution in [-0.2, 0) is 12.8 Å². The summed E-state index contributed by atoms with van der Waals surface area (Å²) in [5, 5.41) is 9.12. The van der Waals surface area contributed by atoms with Gasteiger partial charge in [0.05, 0.1) is 5.69 Å². The number of aromatic carboxylic acids is 1. The number of hydrogen-bond acceptors (Lipinski definition) is 3. The molecule has 0 unspecified atom stereocenters. The number of carbonyl (C=O) groups is 2. The van der Waals surface area contributed by atoms with Crippen LogP contribution in [0.4, 0.5) is 10.1 Å². The molecule has 6 heteroatoms. The summed E-state index contributed by atoms with van der Waals surface area (Å²) in [6.07, 6.45) is 1.01. The molecule has 1 N–H and O–H groups in total. The minimum absolute atomic E-state index is 0.00971. The van der Waals surface area contributed by atoms with Crippen LogP contribution in [0.15, 0.2) is 28.7 Å². The number of nitrogens with zero attached hydrogens (tertiary/aromatic N) is 1. The van der Waals surface area contributed by atoms with Gasteiger partial charge in [-0.15, -0.1) is 0 Å². The molecule has 0 fully saturated rings. The summed E-state index contributed by atoms with van der Waals surface area (Å²) in [6.45, 7) is 2.17. The number of amides is 1. The van der Waals surface area contributed by atoms with E-state index < -0.39 is 17.7 Å². The van der Waals surface area contributed by atoms with Crippen LogP contribution < -0.4 is 4.90 Å². The predicted molar refractivity (Wildman–Crippen MR) is 76.8 cm³/mol. The molecule has 3 rings (SSSR count). The highest BCUT2D eigenvalue weighted by Gasteiger charge is 2.29. The topological polar surface area (TPSA) is 70.8 Å². The minimum Gasteiger partial charge on any atom is -0.478 e. The van der Waals surface area contributed by atoms with Gasteiger partial charge in [-0.3, -0.25) is 4.79 Å². The predicted octanol–water partition coefficient (Wildman–Crippen LogP) is 2.88. The third kappa shape index (κ3) is 2.26. The number of halogens is 1. The molecule has 2 aromatic rings. The first kappa shape index (κ1) is 14.3. The highest BCUT2D eigenvalue weighted by molar-refractivity contribution is 6.06. The molecule has 5 nitrogen and oxygen atoms in total. The van der Waals surface area contributed by atoms with Crippen molar-refractivity contribution in [3.8, 4) is 0 Å². The zero-order chi connectivity index (χ0) is 15.9. The molecule has 0 saturated carbocycles. The molecule has 1 aromatic carbocycles. The van der Waals surface area contributed by atoms with Crippen molar-refractivity contribution in [2.24, 2.45) is 0 Å². The second-order valence-corrected chi connectivity index (χ2v) is 5.09. The van der Waals surface area contributed by atoms with Gasteiger partial charge in [0, 0.05) is 19.0 Å². The molecular formula is C16H14FNO4. The van der Waals surface area contributed by atoms with Gasteiger partial charge in [0.1, 0.15) is 17.1 Å². The summed E-state index contributed by atoms with van der Waals surface area (Å²) in [7, 11) is 0. The van der Waals surface area contributed by atoms with Crippen molar-refractivity contribution >= 4 is 17.6 Å². The lowest BCUT2D eigenvalue weighted by Gasteiger charge is -2.15. The normalized spacial score (nSPS) is 13.3. The molecule has 0 radical (unpaired) electrons. The lowest BCUT2D eigenvalue weighted by atomic mass is 10.1. The second-order valence-electron chi connectivity index (χ2n) is 5.09. The summed E-state index contributed by atoms with van der Waals surface area (Å²) in [4.78, 5) is 25.1. The number of carboxylic acids is 1. The Kier molecular flexibility index (Phi) is 3.44. The Bertz CT molecular complexity index is 766. The number of carbonyl (C=O) groups excluding carboxylic acids is 1. The quantitative estimate of drug-likeness (QED) is 0.946. The van der Waals surface area contributed by atoms with Gasteiger partial charge in [-0.25, -0.2) is 9.18 Å². The van der Waals surface area contributed by atoms with Gasteiger partial charge in [-0.2, -0.15) is 0 Å². The Morgan fingerprint density at radius 3 is 2.77 bits per heavy atom. The number of fused-ring (bicyclic) bond motifs is 1. The van der Waals surface area contributed by atoms with Crippen LogP contribution in [0.1, 0.15) is 39.2 Å². The van der Waals surface area contributed by atoms with Gasteiger partial charge >= 0.3 is 5.97 Å². The Labute approximate surface area is 126 Å². The Balaban J connectivity index is 1.97. The van der Waals surface area contributed by atoms with Crippen molar-refractivity contribution < 1.29 is 23.5 Å². The molecule has 1 aromatic heterocycles. The third-order valence-electron chi connectivity index (χ3n) is 3.76. The molecule has 2 heterocycles. The number of hydrogen-bond donors (Lipinski definition) is 1. The molecule has 1 amide bonds. The van der Waals surface area contributed by atoms with Gasteiger partial charge in [0.2, 0.25) is 0 Å². The van der Waals surface area contributed by atoms with E-state index in [1.165, 1.54) is 23.1 Å². The van der Waals surface area contributed by atoms with E-state index in [-0.39, 0.29) is 17.1 Å². The van der Waals surface area contributed by atoms with Crippen molar-refractivity contribution in [1.29, 1.82) is 0 Å². The minimum atomic E-state index is -1.13. The Morgan fingerprint density at radius 2 is 2.14 bits per heavy atom. The lowest BCUT2D eigenvalue weighted by molar-refractivity contribution is 0.0694. The molecule has 0 aliphatic carbocycles. The van der Waals surface area contributed by atoms with Crippen molar-refractivity contribution in [3.63, 3.8) is 0 Å². The van der Waals surface area contributed by atoms with E-state index in [2.05, 4.69) is 0 Å². The maximum atomic E-state index is 13.4. The monoisotopic (exact) mass is 303 g/mol. The van der Waals surface area contributed by atoms with Crippen LogP contribution >= 0.6 is 0 Å². The first-order valence-corrected chi connectivity index (χ1v) is 6.97. The highest BCUT2D eigenvalue weighted by atomic mass is 19.1. The van der Waals surface area contributed by atoms with E-state index in [0.717, 1.165) is 5.56 Å². The second kappa shape index (κ2) is 5.29. The molecule has 0 spiro atoms. The molecule has 0 bridgehead atoms. The first-order chi connectivity index (χ1) is 10.5. The zero-order valence-electron chi connectivity index (χ0n) is 11.9. The fraction of sp³-hybridized carbons (Fsp3) is 0.250. The van der Waals surface area contributed by atoms with Gasteiger partial charge < -0.3 is 14.4 Å². The molecule has 22 heavy (non-hydrogen) atoms. The van der Waals surface area contributed by atoms with Crippen molar-refractivity contribution in [3.05, 3.63) is 52.7 Å². The molecular weight excluding hydrogens is 289 g/mol. The van der Waals surface area contributed by atoms with E-state index in [1.54, 1.807) is 13.0 Å². The van der Waals surface area contributed by atoms with Crippen LogP contribution in [-0.4, -0.2) is 23.5 Å². The van der Waals surface area contributed by atoms with Crippen LogP contribution in [0.25, 0.3) is 0 Å². The van der Waals surface area contributed by atoms with Gasteiger partial charge in [-0.05, 0) is 24.1 Å². The van der Waals surface area contributed by atoms with Gasteiger partial charge in [-0.1, -0.05) is 13.0 Å². The molecule has 1 aliphatic rings. The molecule has 0 atom stereocenters. The van der Waals surface area contributed by atoms with E-state index >= 15 is 0 Å². The zero-order valence-corrected chi connectivity index (χ0v) is 11.9. The number of anilines is 1. The average Bonchev–Trinajstić information content (AvgIpc) is 3.10. The highest BCUT2D eigenvalue weighted by Crippen LogP contribution is 2.30. The number of carboxylic acid groups (broad SMARTS) is 1. The summed E-state index contributed by atoms with van der Waals surface area (Å²) < 4.78 is 18.8. The summed E-state index contributed by atoms with van der Waals surface area (Å²) in [6, 6.07) is 5.56. The fourth-order valence-electron chi connectivity index (χ4n) is 2.67. The maximum Gasteiger partial charge on any atom is 0.339 e. The van der Waals surface area contributed by atoms with Gasteiger partial charge in [0.25, 0.3) is 5.91 Å². The summed E-state index contributed by atoms with van der Waals surface area (Å²) in [5.74, 6) is -1.78. The first-order valence-electron chi connectivity index (χ1n) is 6.97. The van der Waals surface area contributed by atoms with Crippen LogP contribution in [0, 0.1) is 5.82 Å². The average molecular weight is 303 g/mol. The summed E-state index contributed by atoms with van der Waals surface area (Å²) >= 11 is 0. The number of rotatable bonds is 3. The molecule has 114 valence electrons. The van der Waals surface area contributed by atoms with Crippen molar-refractivity contribution in [2.75, 3.05) is 11.4 Å². The third-order valence-corrected chi connectivity index (χ3v) is 3.76. The number of furan rings is 1. The van der Waals surface area contributed by atoms with E-state index in [1.807, 2.05) is 0 Å². The SMILES string of the molecule is CCc1oc(C(=O)N2CCc3ccc(F)cc32)cc1C(=O)O.